The summed E-state index contributed by atoms with van der Waals surface area (Å²) >= 11 is 0. The van der Waals surface area contributed by atoms with Gasteiger partial charge in [0.25, 0.3) is 5.56 Å². The molecule has 0 aliphatic heterocycles. The highest BCUT2D eigenvalue weighted by Crippen LogP contribution is 2.38. The lowest BCUT2D eigenvalue weighted by molar-refractivity contribution is -0.124. The second-order valence-electron chi connectivity index (χ2n) is 5.89. The van der Waals surface area contributed by atoms with Crippen molar-refractivity contribution >= 4 is 5.91 Å². The zero-order chi connectivity index (χ0) is 13.9. The molecule has 0 aromatic carbocycles. The van der Waals surface area contributed by atoms with Crippen LogP contribution < -0.4 is 10.9 Å². The van der Waals surface area contributed by atoms with Crippen LogP contribution in [0.25, 0.3) is 0 Å². The highest BCUT2D eigenvalue weighted by atomic mass is 16.2. The van der Waals surface area contributed by atoms with Gasteiger partial charge in [-0.3, -0.25) is 14.2 Å². The lowest BCUT2D eigenvalue weighted by atomic mass is 10.1. The highest BCUT2D eigenvalue weighted by Gasteiger charge is 2.25. The Hall–Kier alpha value is -1.65. The highest BCUT2D eigenvalue weighted by molar-refractivity contribution is 5.78. The number of nitrogens with zero attached hydrogens (tertiary/aromatic N) is 2. The van der Waals surface area contributed by atoms with Gasteiger partial charge < -0.3 is 5.32 Å². The predicted octanol–water partition coefficient (Wildman–Crippen LogP) is 1.43. The second kappa shape index (κ2) is 5.77. The van der Waals surface area contributed by atoms with E-state index in [1.165, 1.54) is 0 Å². The Bertz CT molecular complexity index is 542. The van der Waals surface area contributed by atoms with Crippen molar-refractivity contribution in [3.63, 3.8) is 0 Å². The third kappa shape index (κ3) is 3.08. The fraction of sp³-hybridized carbons (Fsp3) is 0.667. The zero-order valence-electron chi connectivity index (χ0n) is 11.7. The number of carbonyl (C=O) groups excluding carboxylic acids is 1. The van der Waals surface area contributed by atoms with E-state index in [0.717, 1.165) is 44.2 Å². The lowest BCUT2D eigenvalue weighted by Crippen LogP contribution is -2.34. The molecule has 0 unspecified atom stereocenters. The molecule has 3 rings (SSSR count). The standard InChI is InChI=1S/C15H21N3O2/c19-14-9-13(11-5-6-11)17-10-18(14)8-7-16-15(20)12-3-1-2-4-12/h9-12H,1-8H2,(H,16,20). The molecule has 1 N–H and O–H groups in total. The van der Waals surface area contributed by atoms with Crippen LogP contribution in [0, 0.1) is 5.92 Å². The number of nitrogens with one attached hydrogen (secondary N) is 1. The van der Waals surface area contributed by atoms with Crippen molar-refractivity contribution in [2.24, 2.45) is 5.92 Å². The fourth-order valence-electron chi connectivity index (χ4n) is 2.84. The molecule has 0 spiro atoms. The van der Waals surface area contributed by atoms with Crippen LogP contribution in [0.1, 0.15) is 50.1 Å². The van der Waals surface area contributed by atoms with E-state index in [9.17, 15) is 9.59 Å². The van der Waals surface area contributed by atoms with Crippen LogP contribution >= 0.6 is 0 Å². The molecule has 0 saturated heterocycles. The lowest BCUT2D eigenvalue weighted by Gasteiger charge is -2.11. The maximum Gasteiger partial charge on any atom is 0.253 e. The fourth-order valence-corrected chi connectivity index (χ4v) is 2.84. The Morgan fingerprint density at radius 2 is 2.05 bits per heavy atom. The normalized spacial score (nSPS) is 19.2. The quantitative estimate of drug-likeness (QED) is 0.884. The summed E-state index contributed by atoms with van der Waals surface area (Å²) in [7, 11) is 0. The molecule has 2 aliphatic rings. The minimum absolute atomic E-state index is 0.0167. The van der Waals surface area contributed by atoms with Crippen molar-refractivity contribution in [1.82, 2.24) is 14.9 Å². The summed E-state index contributed by atoms with van der Waals surface area (Å²) in [5.41, 5.74) is 0.901. The van der Waals surface area contributed by atoms with Gasteiger partial charge in [-0.1, -0.05) is 12.8 Å². The number of hydrogen-bond donors (Lipinski definition) is 1. The van der Waals surface area contributed by atoms with Crippen molar-refractivity contribution in [3.8, 4) is 0 Å². The third-order valence-electron chi connectivity index (χ3n) is 4.27. The van der Waals surface area contributed by atoms with Gasteiger partial charge in [-0.2, -0.15) is 0 Å². The first kappa shape index (κ1) is 13.3. The molecule has 0 bridgehead atoms. The van der Waals surface area contributed by atoms with Gasteiger partial charge in [0, 0.05) is 31.0 Å². The molecule has 20 heavy (non-hydrogen) atoms. The predicted molar refractivity (Wildman–Crippen MR) is 75.4 cm³/mol. The van der Waals surface area contributed by atoms with Gasteiger partial charge >= 0.3 is 0 Å². The SMILES string of the molecule is O=C(NCCn1cnc(C2CC2)cc1=O)C1CCCC1. The third-order valence-corrected chi connectivity index (χ3v) is 4.27. The Kier molecular flexibility index (Phi) is 3.85. The average molecular weight is 275 g/mol. The molecule has 1 amide bonds. The molecule has 0 radical (unpaired) electrons. The number of hydrogen-bond acceptors (Lipinski definition) is 3. The van der Waals surface area contributed by atoms with Crippen LogP contribution in [0.15, 0.2) is 17.2 Å². The first-order valence-corrected chi connectivity index (χ1v) is 7.58. The van der Waals surface area contributed by atoms with Gasteiger partial charge in [0.1, 0.15) is 0 Å². The first-order valence-electron chi connectivity index (χ1n) is 7.58. The van der Waals surface area contributed by atoms with Gasteiger partial charge in [-0.05, 0) is 25.7 Å². The number of amides is 1. The van der Waals surface area contributed by atoms with E-state index in [2.05, 4.69) is 10.3 Å². The Morgan fingerprint density at radius 3 is 2.70 bits per heavy atom. The van der Waals surface area contributed by atoms with Crippen molar-refractivity contribution in [2.75, 3.05) is 6.54 Å². The summed E-state index contributed by atoms with van der Waals surface area (Å²) in [6.45, 7) is 0.995. The van der Waals surface area contributed by atoms with Crippen LogP contribution in [0.2, 0.25) is 0 Å². The van der Waals surface area contributed by atoms with Crippen LogP contribution in [0.3, 0.4) is 0 Å². The molecular formula is C15H21N3O2. The second-order valence-corrected chi connectivity index (χ2v) is 5.89. The number of aromatic nitrogens is 2. The summed E-state index contributed by atoms with van der Waals surface area (Å²) in [4.78, 5) is 28.1. The smallest absolute Gasteiger partial charge is 0.253 e. The van der Waals surface area contributed by atoms with Gasteiger partial charge in [0.05, 0.1) is 12.0 Å². The first-order chi connectivity index (χ1) is 9.74. The van der Waals surface area contributed by atoms with E-state index in [0.29, 0.717) is 19.0 Å². The summed E-state index contributed by atoms with van der Waals surface area (Å²) in [6.07, 6.45) is 8.22. The molecule has 1 aromatic heterocycles. The van der Waals surface area contributed by atoms with Crippen LogP contribution in [0.5, 0.6) is 0 Å². The molecule has 5 nitrogen and oxygen atoms in total. The molecule has 0 atom stereocenters. The van der Waals surface area contributed by atoms with Gasteiger partial charge in [0.2, 0.25) is 5.91 Å². The topological polar surface area (TPSA) is 64.0 Å². The molecular weight excluding hydrogens is 254 g/mol. The van der Waals surface area contributed by atoms with E-state index in [1.807, 2.05) is 0 Å². The Morgan fingerprint density at radius 1 is 1.30 bits per heavy atom. The molecule has 1 heterocycles. The molecule has 2 saturated carbocycles. The summed E-state index contributed by atoms with van der Waals surface area (Å²) in [5.74, 6) is 0.819. The Balaban J connectivity index is 1.50. The van der Waals surface area contributed by atoms with Crippen molar-refractivity contribution in [1.29, 1.82) is 0 Å². The van der Waals surface area contributed by atoms with E-state index in [4.69, 9.17) is 0 Å². The minimum Gasteiger partial charge on any atom is -0.354 e. The van der Waals surface area contributed by atoms with Gasteiger partial charge in [-0.25, -0.2) is 4.98 Å². The van der Waals surface area contributed by atoms with E-state index >= 15 is 0 Å². The van der Waals surface area contributed by atoms with Crippen molar-refractivity contribution < 1.29 is 4.79 Å². The molecule has 2 fully saturated rings. The minimum atomic E-state index is -0.0167. The van der Waals surface area contributed by atoms with E-state index in [1.54, 1.807) is 17.0 Å². The number of rotatable bonds is 5. The summed E-state index contributed by atoms with van der Waals surface area (Å²) in [5, 5.41) is 2.92. The molecule has 2 aliphatic carbocycles. The summed E-state index contributed by atoms with van der Waals surface area (Å²) < 4.78 is 1.57. The Labute approximate surface area is 118 Å². The molecule has 5 heteroatoms. The monoisotopic (exact) mass is 275 g/mol. The van der Waals surface area contributed by atoms with E-state index in [-0.39, 0.29) is 17.4 Å². The van der Waals surface area contributed by atoms with E-state index < -0.39 is 0 Å². The molecule has 108 valence electrons. The van der Waals surface area contributed by atoms with Crippen molar-refractivity contribution in [2.45, 2.75) is 51.0 Å². The maximum atomic E-state index is 11.9. The summed E-state index contributed by atoms with van der Waals surface area (Å²) in [6, 6.07) is 1.64. The number of carbonyl (C=O) groups is 1. The van der Waals surface area contributed by atoms with Crippen molar-refractivity contribution in [3.05, 3.63) is 28.4 Å². The van der Waals surface area contributed by atoms with Gasteiger partial charge in [-0.15, -0.1) is 0 Å². The van der Waals surface area contributed by atoms with Crippen LogP contribution in [-0.2, 0) is 11.3 Å². The van der Waals surface area contributed by atoms with Crippen LogP contribution in [-0.4, -0.2) is 22.0 Å². The molecule has 1 aromatic rings. The average Bonchev–Trinajstić information content (AvgIpc) is 3.15. The largest absolute Gasteiger partial charge is 0.354 e. The maximum absolute atomic E-state index is 11.9. The van der Waals surface area contributed by atoms with Crippen LogP contribution in [0.4, 0.5) is 0 Å². The van der Waals surface area contributed by atoms with Gasteiger partial charge in [0.15, 0.2) is 0 Å². The zero-order valence-corrected chi connectivity index (χ0v) is 11.7.